The van der Waals surface area contributed by atoms with E-state index in [1.807, 2.05) is 59.9 Å². The van der Waals surface area contributed by atoms with E-state index in [0.717, 1.165) is 5.56 Å². The molecule has 1 aromatic carbocycles. The molecule has 1 N–H and O–H groups in total. The van der Waals surface area contributed by atoms with Crippen LogP contribution in [0, 0.1) is 11.3 Å². The summed E-state index contributed by atoms with van der Waals surface area (Å²) in [5.41, 5.74) is 1.07. The van der Waals surface area contributed by atoms with E-state index in [0.29, 0.717) is 12.2 Å². The van der Waals surface area contributed by atoms with E-state index in [1.165, 1.54) is 0 Å². The molecule has 1 saturated heterocycles. The summed E-state index contributed by atoms with van der Waals surface area (Å²) in [5.74, 6) is -0.697. The van der Waals surface area contributed by atoms with Crippen LogP contribution in [0.25, 0.3) is 0 Å². The molecule has 0 radical (unpaired) electrons. The molecule has 8 heteroatoms. The highest BCUT2D eigenvalue weighted by Crippen LogP contribution is 2.51. The second-order valence-electron chi connectivity index (χ2n) is 12.1. The van der Waals surface area contributed by atoms with E-state index in [9.17, 15) is 14.4 Å². The maximum Gasteiger partial charge on any atom is 0.333 e. The Morgan fingerprint density at radius 1 is 1.18 bits per heavy atom. The molecule has 1 aromatic rings. The Kier molecular flexibility index (Phi) is 10.7. The van der Waals surface area contributed by atoms with E-state index in [4.69, 9.17) is 4.74 Å². The van der Waals surface area contributed by atoms with Gasteiger partial charge in [0.15, 0.2) is 0 Å². The second kappa shape index (κ2) is 12.7. The molecule has 2 rings (SSSR count). The molecule has 0 aliphatic carbocycles. The van der Waals surface area contributed by atoms with Crippen LogP contribution < -0.4 is 5.32 Å². The van der Waals surface area contributed by atoms with Crippen LogP contribution in [0.15, 0.2) is 42.0 Å². The first-order valence-electron chi connectivity index (χ1n) is 13.4. The number of esters is 1. The highest BCUT2D eigenvalue weighted by atomic mass is 32.2. The van der Waals surface area contributed by atoms with Gasteiger partial charge in [-0.1, -0.05) is 71.0 Å². The van der Waals surface area contributed by atoms with Crippen LogP contribution in [0.1, 0.15) is 73.3 Å². The Morgan fingerprint density at radius 2 is 1.76 bits per heavy atom. The molecule has 4 atom stereocenters. The fraction of sp³-hybridized carbons (Fsp3) is 0.633. The van der Waals surface area contributed by atoms with Gasteiger partial charge >= 0.3 is 5.97 Å². The Labute approximate surface area is 233 Å². The zero-order valence-electron chi connectivity index (χ0n) is 25.0. The van der Waals surface area contributed by atoms with Gasteiger partial charge in [0.1, 0.15) is 12.1 Å². The molecular weight excluding hydrogens is 498 g/mol. The SMILES string of the molecule is CCOC(=O)/C(C)=C/C(C(C)C)N(C)C(=O)[C@@H](NC(=O)[C@@H]1N(C)[C@@H](c2ccccc2)SC1(C)C)C(C)(C)C. The number of nitrogens with one attached hydrogen (secondary N) is 1. The predicted molar refractivity (Wildman–Crippen MR) is 156 cm³/mol. The van der Waals surface area contributed by atoms with E-state index in [2.05, 4.69) is 36.2 Å². The van der Waals surface area contributed by atoms with Crippen LogP contribution in [-0.4, -0.2) is 71.2 Å². The fourth-order valence-corrected chi connectivity index (χ4v) is 6.58. The highest BCUT2D eigenvalue weighted by Gasteiger charge is 2.51. The van der Waals surface area contributed by atoms with Crippen LogP contribution in [0.5, 0.6) is 0 Å². The van der Waals surface area contributed by atoms with Crippen LogP contribution >= 0.6 is 11.8 Å². The zero-order valence-corrected chi connectivity index (χ0v) is 25.8. The van der Waals surface area contributed by atoms with E-state index in [-0.39, 0.29) is 33.9 Å². The molecule has 0 bridgehead atoms. The standard InChI is InChI=1S/C30H47N3O4S/c1-12-37-28(36)20(4)18-22(19(2)3)32(10)26(35)23(29(5,6)7)31-25(34)24-30(8,9)38-27(33(24)11)21-16-14-13-15-17-21/h13-19,22-24,27H,12H2,1-11H3,(H,31,34)/b20-18+/t22?,23-,24+,27-/m1/s1. The van der Waals surface area contributed by atoms with Crippen LogP contribution in [0.4, 0.5) is 0 Å². The van der Waals surface area contributed by atoms with Gasteiger partial charge in [0.2, 0.25) is 11.8 Å². The lowest BCUT2D eigenvalue weighted by atomic mass is 9.84. The maximum absolute atomic E-state index is 13.9. The number of nitrogens with zero attached hydrogens (tertiary/aromatic N) is 2. The number of benzene rings is 1. The molecule has 38 heavy (non-hydrogen) atoms. The van der Waals surface area contributed by atoms with Crippen molar-refractivity contribution in [1.29, 1.82) is 0 Å². The van der Waals surface area contributed by atoms with Crippen LogP contribution in [0.2, 0.25) is 0 Å². The number of likely N-dealkylation sites (N-methyl/N-ethyl adjacent to an activating group) is 2. The second-order valence-corrected chi connectivity index (χ2v) is 13.8. The van der Waals surface area contributed by atoms with Crippen molar-refractivity contribution < 1.29 is 19.1 Å². The Morgan fingerprint density at radius 3 is 2.26 bits per heavy atom. The molecule has 0 aromatic heterocycles. The summed E-state index contributed by atoms with van der Waals surface area (Å²) in [4.78, 5) is 43.8. The Bertz CT molecular complexity index is 1020. The van der Waals surface area contributed by atoms with Crippen molar-refractivity contribution in [2.45, 2.75) is 90.6 Å². The molecule has 1 unspecified atom stereocenters. The van der Waals surface area contributed by atoms with Crippen molar-refractivity contribution in [3.63, 3.8) is 0 Å². The van der Waals surface area contributed by atoms with Gasteiger partial charge in [-0.15, -0.1) is 11.8 Å². The van der Waals surface area contributed by atoms with Gasteiger partial charge in [-0.3, -0.25) is 14.5 Å². The van der Waals surface area contributed by atoms with Crippen molar-refractivity contribution in [2.75, 3.05) is 20.7 Å². The van der Waals surface area contributed by atoms with Crippen molar-refractivity contribution in [1.82, 2.24) is 15.1 Å². The van der Waals surface area contributed by atoms with E-state index >= 15 is 0 Å². The number of amides is 2. The third-order valence-electron chi connectivity index (χ3n) is 7.08. The predicted octanol–water partition coefficient (Wildman–Crippen LogP) is 5.03. The molecule has 212 valence electrons. The van der Waals surface area contributed by atoms with E-state index < -0.39 is 23.5 Å². The highest BCUT2D eigenvalue weighted by molar-refractivity contribution is 8.01. The molecule has 2 amide bonds. The molecule has 7 nitrogen and oxygen atoms in total. The van der Waals surface area contributed by atoms with Gasteiger partial charge in [0.05, 0.1) is 18.0 Å². The molecule has 1 aliphatic heterocycles. The minimum atomic E-state index is -0.748. The van der Waals surface area contributed by atoms with Crippen molar-refractivity contribution in [3.8, 4) is 0 Å². The largest absolute Gasteiger partial charge is 0.463 e. The first kappa shape index (κ1) is 31.9. The van der Waals surface area contributed by atoms with Crippen molar-refractivity contribution >= 4 is 29.5 Å². The summed E-state index contributed by atoms with van der Waals surface area (Å²) in [6, 6.07) is 8.67. The minimum absolute atomic E-state index is 0.0368. The maximum atomic E-state index is 13.9. The Hall–Kier alpha value is -2.32. The average molecular weight is 546 g/mol. The number of carbonyl (C=O) groups is 3. The summed E-state index contributed by atoms with van der Waals surface area (Å²) in [5, 5.41) is 3.17. The number of thioether (sulfide) groups is 1. The number of ether oxygens (including phenoxy) is 1. The molecular formula is C30H47N3O4S. The first-order valence-corrected chi connectivity index (χ1v) is 14.3. The third kappa shape index (κ3) is 7.41. The number of hydrogen-bond acceptors (Lipinski definition) is 6. The summed E-state index contributed by atoms with van der Waals surface area (Å²) in [6.07, 6.45) is 1.79. The molecule has 1 heterocycles. The van der Waals surface area contributed by atoms with Gasteiger partial charge in [-0.05, 0) is 51.6 Å². The van der Waals surface area contributed by atoms with Gasteiger partial charge < -0.3 is 15.0 Å². The lowest BCUT2D eigenvalue weighted by Gasteiger charge is -2.39. The number of carbonyl (C=O) groups excluding carboxylic acids is 3. The van der Waals surface area contributed by atoms with Gasteiger partial charge in [0, 0.05) is 17.4 Å². The van der Waals surface area contributed by atoms with Gasteiger partial charge in [-0.25, -0.2) is 4.79 Å². The summed E-state index contributed by atoms with van der Waals surface area (Å²) < 4.78 is 4.77. The van der Waals surface area contributed by atoms with Gasteiger partial charge in [0.25, 0.3) is 0 Å². The summed E-state index contributed by atoms with van der Waals surface area (Å²) in [7, 11) is 3.71. The first-order chi connectivity index (χ1) is 17.5. The third-order valence-corrected chi connectivity index (χ3v) is 8.74. The summed E-state index contributed by atoms with van der Waals surface area (Å²) in [6.45, 7) is 17.8. The quantitative estimate of drug-likeness (QED) is 0.346. The van der Waals surface area contributed by atoms with Gasteiger partial charge in [-0.2, -0.15) is 0 Å². The van der Waals surface area contributed by atoms with Crippen LogP contribution in [0.3, 0.4) is 0 Å². The zero-order chi connectivity index (χ0) is 29.0. The normalized spacial score (nSPS) is 21.6. The molecule has 0 saturated carbocycles. The molecule has 1 fully saturated rings. The summed E-state index contributed by atoms with van der Waals surface area (Å²) >= 11 is 1.76. The van der Waals surface area contributed by atoms with Crippen molar-refractivity contribution in [3.05, 3.63) is 47.5 Å². The van der Waals surface area contributed by atoms with Crippen molar-refractivity contribution in [2.24, 2.45) is 11.3 Å². The average Bonchev–Trinajstić information content (AvgIpc) is 3.07. The van der Waals surface area contributed by atoms with Crippen LogP contribution in [-0.2, 0) is 19.1 Å². The molecule has 0 spiro atoms. The fourth-order valence-electron chi connectivity index (χ4n) is 5.02. The van der Waals surface area contributed by atoms with E-state index in [1.54, 1.807) is 43.6 Å². The molecule has 1 aliphatic rings. The topological polar surface area (TPSA) is 79.0 Å². The monoisotopic (exact) mass is 545 g/mol. The Balaban J connectivity index is 2.33. The smallest absolute Gasteiger partial charge is 0.333 e. The lowest BCUT2D eigenvalue weighted by molar-refractivity contribution is -0.141. The number of rotatable bonds is 9. The minimum Gasteiger partial charge on any atom is -0.463 e. The lowest BCUT2D eigenvalue weighted by Crippen LogP contribution is -2.60. The number of hydrogen-bond donors (Lipinski definition) is 1.